The van der Waals surface area contributed by atoms with Crippen molar-refractivity contribution in [3.63, 3.8) is 0 Å². The molecule has 0 fully saturated rings. The second kappa shape index (κ2) is 6.39. The maximum Gasteiger partial charge on any atom is 0.241 e. The van der Waals surface area contributed by atoms with Crippen molar-refractivity contribution >= 4 is 22.5 Å². The zero-order valence-corrected chi connectivity index (χ0v) is 10.9. The van der Waals surface area contributed by atoms with Gasteiger partial charge in [-0.1, -0.05) is 0 Å². The summed E-state index contributed by atoms with van der Waals surface area (Å²) in [5, 5.41) is 6.74. The Bertz CT molecular complexity index is 405. The van der Waals surface area contributed by atoms with Crippen molar-refractivity contribution in [2.45, 2.75) is 25.9 Å². The van der Waals surface area contributed by atoms with Crippen LogP contribution in [-0.4, -0.2) is 37.9 Å². The molecule has 0 aliphatic carbocycles. The molecule has 0 bridgehead atoms. The molecule has 1 aromatic rings. The highest BCUT2D eigenvalue weighted by Crippen LogP contribution is 1.97. The third-order valence-corrected chi connectivity index (χ3v) is 3.02. The maximum atomic E-state index is 11.6. The van der Waals surface area contributed by atoms with E-state index in [-0.39, 0.29) is 18.5 Å². The van der Waals surface area contributed by atoms with E-state index in [0.29, 0.717) is 18.0 Å². The Hall–Kier alpha value is -1.37. The minimum Gasteiger partial charge on any atom is -0.382 e. The number of rotatable bonds is 6. The molecule has 3 N–H and O–H groups in total. The number of nitrogens with zero attached hydrogens (tertiary/aromatic N) is 2. The summed E-state index contributed by atoms with van der Waals surface area (Å²) in [6.07, 6.45) is 4.01. The fourth-order valence-corrected chi connectivity index (χ4v) is 2.03. The zero-order valence-electron chi connectivity index (χ0n) is 10.0. The van der Waals surface area contributed by atoms with Gasteiger partial charge in [-0.25, -0.2) is 0 Å². The van der Waals surface area contributed by atoms with Gasteiger partial charge in [0, 0.05) is 35.0 Å². The first-order valence-electron chi connectivity index (χ1n) is 5.35. The molecule has 2 atom stereocenters. The molecule has 2 unspecified atom stereocenters. The van der Waals surface area contributed by atoms with Gasteiger partial charge in [0.15, 0.2) is 0 Å². The fraction of sp³-hybridized carbons (Fsp3) is 0.600. The summed E-state index contributed by atoms with van der Waals surface area (Å²) in [6.45, 7) is 2.04. The summed E-state index contributed by atoms with van der Waals surface area (Å²) in [4.78, 5) is 11.6. The van der Waals surface area contributed by atoms with Crippen molar-refractivity contribution in [1.29, 1.82) is 0 Å². The Morgan fingerprint density at radius 2 is 2.41 bits per heavy atom. The van der Waals surface area contributed by atoms with Gasteiger partial charge in [-0.05, 0) is 19.4 Å². The Morgan fingerprint density at radius 1 is 1.71 bits per heavy atom. The number of nitrogen functional groups attached to an aromatic ring is 1. The number of hydrogen-bond acceptors (Lipinski definition) is 4. The first-order valence-corrected chi connectivity index (χ1v) is 7.08. The number of hydrogen-bond donors (Lipinski definition) is 2. The summed E-state index contributed by atoms with van der Waals surface area (Å²) in [5.74, 6) is 0.866. The SMILES string of the molecule is CC(CCS(C)=O)NC(=O)Cn1ccc(N)n1. The Kier molecular flexibility index (Phi) is 5.14. The molecule has 0 aliphatic rings. The van der Waals surface area contributed by atoms with Crippen LogP contribution < -0.4 is 11.1 Å². The fourth-order valence-electron chi connectivity index (χ4n) is 1.35. The monoisotopic (exact) mass is 258 g/mol. The average Bonchev–Trinajstić information content (AvgIpc) is 2.60. The molecule has 7 heteroatoms. The lowest BCUT2D eigenvalue weighted by atomic mass is 10.2. The summed E-state index contributed by atoms with van der Waals surface area (Å²) in [7, 11) is -0.821. The van der Waals surface area contributed by atoms with Crippen LogP contribution in [0, 0.1) is 0 Å². The van der Waals surface area contributed by atoms with Gasteiger partial charge in [0.25, 0.3) is 0 Å². The van der Waals surface area contributed by atoms with Crippen LogP contribution in [0.2, 0.25) is 0 Å². The molecule has 0 saturated carbocycles. The van der Waals surface area contributed by atoms with E-state index in [9.17, 15) is 9.00 Å². The van der Waals surface area contributed by atoms with Crippen molar-refractivity contribution < 1.29 is 9.00 Å². The van der Waals surface area contributed by atoms with E-state index in [1.165, 1.54) is 4.68 Å². The summed E-state index contributed by atoms with van der Waals surface area (Å²) < 4.78 is 12.4. The summed E-state index contributed by atoms with van der Waals surface area (Å²) in [5.41, 5.74) is 5.44. The third-order valence-electron chi connectivity index (χ3n) is 2.21. The van der Waals surface area contributed by atoms with Crippen LogP contribution in [0.15, 0.2) is 12.3 Å². The lowest BCUT2D eigenvalue weighted by molar-refractivity contribution is -0.122. The zero-order chi connectivity index (χ0) is 12.8. The van der Waals surface area contributed by atoms with Crippen molar-refractivity contribution in [2.75, 3.05) is 17.7 Å². The van der Waals surface area contributed by atoms with Crippen LogP contribution in [0.1, 0.15) is 13.3 Å². The number of amides is 1. The van der Waals surface area contributed by atoms with Crippen LogP contribution in [0.4, 0.5) is 5.82 Å². The van der Waals surface area contributed by atoms with Gasteiger partial charge in [0.05, 0.1) is 0 Å². The van der Waals surface area contributed by atoms with Crippen LogP contribution in [0.25, 0.3) is 0 Å². The summed E-state index contributed by atoms with van der Waals surface area (Å²) >= 11 is 0. The Labute approximate surface area is 103 Å². The largest absolute Gasteiger partial charge is 0.382 e. The van der Waals surface area contributed by atoms with Crippen molar-refractivity contribution in [1.82, 2.24) is 15.1 Å². The van der Waals surface area contributed by atoms with Gasteiger partial charge in [0.1, 0.15) is 12.4 Å². The molecule has 0 radical (unpaired) electrons. The smallest absolute Gasteiger partial charge is 0.241 e. The summed E-state index contributed by atoms with van der Waals surface area (Å²) in [6, 6.07) is 1.65. The standard InChI is InChI=1S/C10H18N4O2S/c1-8(4-6-17(2)16)12-10(15)7-14-5-3-9(11)13-14/h3,5,8H,4,6-7H2,1-2H3,(H2,11,13)(H,12,15). The van der Waals surface area contributed by atoms with Gasteiger partial charge < -0.3 is 11.1 Å². The van der Waals surface area contributed by atoms with E-state index >= 15 is 0 Å². The van der Waals surface area contributed by atoms with Crippen molar-refractivity contribution in [3.8, 4) is 0 Å². The Morgan fingerprint density at radius 3 is 2.94 bits per heavy atom. The first kappa shape index (κ1) is 13.7. The van der Waals surface area contributed by atoms with Crippen LogP contribution >= 0.6 is 0 Å². The minimum atomic E-state index is -0.821. The van der Waals surface area contributed by atoms with Crippen LogP contribution in [-0.2, 0) is 22.1 Å². The van der Waals surface area contributed by atoms with Crippen molar-refractivity contribution in [2.24, 2.45) is 0 Å². The van der Waals surface area contributed by atoms with Gasteiger partial charge in [-0.2, -0.15) is 5.10 Å². The number of aromatic nitrogens is 2. The molecule has 0 saturated heterocycles. The molecule has 6 nitrogen and oxygen atoms in total. The van der Waals surface area contributed by atoms with E-state index in [0.717, 1.165) is 0 Å². The molecule has 1 aromatic heterocycles. The van der Waals surface area contributed by atoms with Gasteiger partial charge in [0.2, 0.25) is 5.91 Å². The number of carbonyl (C=O) groups is 1. The highest BCUT2D eigenvalue weighted by Gasteiger charge is 2.09. The van der Waals surface area contributed by atoms with Crippen LogP contribution in [0.3, 0.4) is 0 Å². The molecular formula is C10H18N4O2S. The number of nitrogens with two attached hydrogens (primary N) is 1. The quantitative estimate of drug-likeness (QED) is 0.735. The second-order valence-electron chi connectivity index (χ2n) is 3.97. The topological polar surface area (TPSA) is 90.0 Å². The first-order chi connectivity index (χ1) is 7.97. The third kappa shape index (κ3) is 5.48. The highest BCUT2D eigenvalue weighted by molar-refractivity contribution is 7.84. The highest BCUT2D eigenvalue weighted by atomic mass is 32.2. The number of carbonyl (C=O) groups excluding carboxylic acids is 1. The molecule has 17 heavy (non-hydrogen) atoms. The van der Waals surface area contributed by atoms with E-state index < -0.39 is 10.8 Å². The molecule has 0 aromatic carbocycles. The average molecular weight is 258 g/mol. The second-order valence-corrected chi connectivity index (χ2v) is 5.53. The maximum absolute atomic E-state index is 11.6. The Balaban J connectivity index is 2.31. The lowest BCUT2D eigenvalue weighted by Gasteiger charge is -2.12. The van der Waals surface area contributed by atoms with E-state index in [4.69, 9.17) is 5.73 Å². The van der Waals surface area contributed by atoms with E-state index in [1.807, 2.05) is 6.92 Å². The van der Waals surface area contributed by atoms with Gasteiger partial charge >= 0.3 is 0 Å². The van der Waals surface area contributed by atoms with E-state index in [1.54, 1.807) is 18.5 Å². The number of anilines is 1. The lowest BCUT2D eigenvalue weighted by Crippen LogP contribution is -2.36. The molecule has 1 heterocycles. The normalized spacial score (nSPS) is 14.2. The predicted molar refractivity (Wildman–Crippen MR) is 67.8 cm³/mol. The number of nitrogens with one attached hydrogen (secondary N) is 1. The molecule has 0 aliphatic heterocycles. The van der Waals surface area contributed by atoms with Gasteiger partial charge in [-0.3, -0.25) is 13.7 Å². The van der Waals surface area contributed by atoms with Crippen LogP contribution in [0.5, 0.6) is 0 Å². The minimum absolute atomic E-state index is 0.0132. The molecule has 1 amide bonds. The van der Waals surface area contributed by atoms with Gasteiger partial charge in [-0.15, -0.1) is 0 Å². The van der Waals surface area contributed by atoms with E-state index in [2.05, 4.69) is 10.4 Å². The molecular weight excluding hydrogens is 240 g/mol. The molecule has 96 valence electrons. The molecule has 1 rings (SSSR count). The molecule has 0 spiro atoms. The van der Waals surface area contributed by atoms with Crippen molar-refractivity contribution in [3.05, 3.63) is 12.3 Å². The predicted octanol–water partition coefficient (Wildman–Crippen LogP) is -0.261.